The summed E-state index contributed by atoms with van der Waals surface area (Å²) in [5.74, 6) is 0.649. The van der Waals surface area contributed by atoms with Crippen LogP contribution in [0.3, 0.4) is 0 Å². The SMILES string of the molecule is CC(C)N1CCC2(CCNCC2c2ccccc2Br)CC1. The average molecular weight is 351 g/mol. The van der Waals surface area contributed by atoms with E-state index < -0.39 is 0 Å². The van der Waals surface area contributed by atoms with Crippen molar-refractivity contribution in [3.63, 3.8) is 0 Å². The highest BCUT2D eigenvalue weighted by Crippen LogP contribution is 2.49. The molecule has 0 bridgehead atoms. The van der Waals surface area contributed by atoms with E-state index in [9.17, 15) is 0 Å². The van der Waals surface area contributed by atoms with Crippen molar-refractivity contribution in [3.05, 3.63) is 34.3 Å². The quantitative estimate of drug-likeness (QED) is 0.866. The fourth-order valence-corrected chi connectivity index (χ4v) is 4.82. The van der Waals surface area contributed by atoms with Crippen LogP contribution in [-0.2, 0) is 0 Å². The second-order valence-electron chi connectivity index (χ2n) is 7.02. The van der Waals surface area contributed by atoms with Gasteiger partial charge in [0.15, 0.2) is 0 Å². The maximum Gasteiger partial charge on any atom is 0.0210 e. The average Bonchev–Trinajstić information content (AvgIpc) is 2.49. The molecule has 1 unspecified atom stereocenters. The molecule has 1 aromatic rings. The smallest absolute Gasteiger partial charge is 0.0210 e. The van der Waals surface area contributed by atoms with Crippen LogP contribution in [0.2, 0.25) is 0 Å². The van der Waals surface area contributed by atoms with Crippen LogP contribution in [0.1, 0.15) is 44.6 Å². The molecule has 0 aromatic heterocycles. The van der Waals surface area contributed by atoms with Gasteiger partial charge in [0, 0.05) is 23.0 Å². The van der Waals surface area contributed by atoms with Gasteiger partial charge < -0.3 is 10.2 Å². The number of halogens is 1. The molecule has 21 heavy (non-hydrogen) atoms. The Morgan fingerprint density at radius 2 is 1.90 bits per heavy atom. The van der Waals surface area contributed by atoms with E-state index in [0.717, 1.165) is 6.54 Å². The van der Waals surface area contributed by atoms with Crippen LogP contribution in [0.15, 0.2) is 28.7 Å². The minimum absolute atomic E-state index is 0.501. The summed E-state index contributed by atoms with van der Waals surface area (Å²) in [5, 5.41) is 3.63. The Hall–Kier alpha value is -0.380. The van der Waals surface area contributed by atoms with Crippen LogP contribution < -0.4 is 5.32 Å². The zero-order valence-electron chi connectivity index (χ0n) is 13.2. The van der Waals surface area contributed by atoms with Crippen molar-refractivity contribution in [1.29, 1.82) is 0 Å². The van der Waals surface area contributed by atoms with Gasteiger partial charge in [-0.1, -0.05) is 34.1 Å². The van der Waals surface area contributed by atoms with E-state index >= 15 is 0 Å². The predicted molar refractivity (Wildman–Crippen MR) is 92.7 cm³/mol. The summed E-state index contributed by atoms with van der Waals surface area (Å²) in [6, 6.07) is 9.51. The van der Waals surface area contributed by atoms with E-state index in [0.29, 0.717) is 17.4 Å². The second-order valence-corrected chi connectivity index (χ2v) is 7.87. The first-order chi connectivity index (χ1) is 10.1. The fraction of sp³-hybridized carbons (Fsp3) is 0.667. The zero-order chi connectivity index (χ0) is 14.9. The largest absolute Gasteiger partial charge is 0.316 e. The molecule has 0 aliphatic carbocycles. The van der Waals surface area contributed by atoms with Crippen molar-refractivity contribution in [1.82, 2.24) is 10.2 Å². The van der Waals surface area contributed by atoms with E-state index in [1.165, 1.54) is 48.9 Å². The molecule has 2 heterocycles. The zero-order valence-corrected chi connectivity index (χ0v) is 14.8. The number of hydrogen-bond acceptors (Lipinski definition) is 2. The Balaban J connectivity index is 1.84. The highest BCUT2D eigenvalue weighted by Gasteiger charge is 2.44. The van der Waals surface area contributed by atoms with Gasteiger partial charge in [-0.25, -0.2) is 0 Å². The molecule has 2 nitrogen and oxygen atoms in total. The number of nitrogens with one attached hydrogen (secondary N) is 1. The lowest BCUT2D eigenvalue weighted by atomic mass is 9.62. The summed E-state index contributed by atoms with van der Waals surface area (Å²) in [6.45, 7) is 9.49. The summed E-state index contributed by atoms with van der Waals surface area (Å²) in [7, 11) is 0. The first kappa shape index (κ1) is 15.5. The van der Waals surface area contributed by atoms with Crippen molar-refractivity contribution < 1.29 is 0 Å². The molecule has 1 aromatic carbocycles. The van der Waals surface area contributed by atoms with Gasteiger partial charge in [0.25, 0.3) is 0 Å². The van der Waals surface area contributed by atoms with Crippen molar-refractivity contribution in [2.75, 3.05) is 26.2 Å². The number of benzene rings is 1. The highest BCUT2D eigenvalue weighted by molar-refractivity contribution is 9.10. The van der Waals surface area contributed by atoms with Crippen LogP contribution in [0.4, 0.5) is 0 Å². The number of likely N-dealkylation sites (tertiary alicyclic amines) is 1. The maximum absolute atomic E-state index is 3.78. The standard InChI is InChI=1S/C18H27BrN2/c1-14(2)21-11-8-18(9-12-21)7-10-20-13-16(18)15-5-3-4-6-17(15)19/h3-6,14,16,20H,7-13H2,1-2H3. The first-order valence-corrected chi connectivity index (χ1v) is 9.11. The summed E-state index contributed by atoms with van der Waals surface area (Å²) in [6.07, 6.45) is 4.02. The Morgan fingerprint density at radius 1 is 1.19 bits per heavy atom. The van der Waals surface area contributed by atoms with Gasteiger partial charge in [-0.15, -0.1) is 0 Å². The number of nitrogens with zero attached hydrogens (tertiary/aromatic N) is 1. The lowest BCUT2D eigenvalue weighted by molar-refractivity contribution is 0.0404. The monoisotopic (exact) mass is 350 g/mol. The fourth-order valence-electron chi connectivity index (χ4n) is 4.26. The lowest BCUT2D eigenvalue weighted by Gasteiger charge is -2.50. The van der Waals surface area contributed by atoms with E-state index in [-0.39, 0.29) is 0 Å². The predicted octanol–water partition coefficient (Wildman–Crippen LogP) is 4.02. The molecule has 116 valence electrons. The van der Waals surface area contributed by atoms with E-state index in [1.807, 2.05) is 0 Å². The molecule has 2 aliphatic heterocycles. The molecule has 2 aliphatic rings. The summed E-state index contributed by atoms with van der Waals surface area (Å²) in [4.78, 5) is 2.64. The van der Waals surface area contributed by atoms with Crippen molar-refractivity contribution >= 4 is 15.9 Å². The normalized spacial score (nSPS) is 26.4. The van der Waals surface area contributed by atoms with Gasteiger partial charge in [-0.05, 0) is 69.8 Å². The Bertz CT molecular complexity index is 478. The van der Waals surface area contributed by atoms with E-state index in [2.05, 4.69) is 64.3 Å². The summed E-state index contributed by atoms with van der Waals surface area (Å²) in [5.41, 5.74) is 2.00. The van der Waals surface area contributed by atoms with Crippen LogP contribution in [0, 0.1) is 5.41 Å². The molecule has 2 saturated heterocycles. The summed E-state index contributed by atoms with van der Waals surface area (Å²) >= 11 is 3.78. The molecular formula is C18H27BrN2. The Labute approximate surface area is 137 Å². The molecule has 2 fully saturated rings. The van der Waals surface area contributed by atoms with Crippen LogP contribution in [0.5, 0.6) is 0 Å². The summed E-state index contributed by atoms with van der Waals surface area (Å²) < 4.78 is 1.28. The minimum Gasteiger partial charge on any atom is -0.316 e. The molecule has 0 amide bonds. The van der Waals surface area contributed by atoms with Crippen molar-refractivity contribution in [2.45, 2.75) is 45.1 Å². The molecule has 0 saturated carbocycles. The topological polar surface area (TPSA) is 15.3 Å². The maximum atomic E-state index is 3.78. The van der Waals surface area contributed by atoms with Crippen LogP contribution >= 0.6 is 15.9 Å². The van der Waals surface area contributed by atoms with Gasteiger partial charge in [-0.3, -0.25) is 0 Å². The molecule has 3 rings (SSSR count). The van der Waals surface area contributed by atoms with Gasteiger partial charge in [0.05, 0.1) is 0 Å². The van der Waals surface area contributed by atoms with Crippen LogP contribution in [0.25, 0.3) is 0 Å². The molecule has 0 radical (unpaired) electrons. The highest BCUT2D eigenvalue weighted by atomic mass is 79.9. The van der Waals surface area contributed by atoms with Crippen molar-refractivity contribution in [3.8, 4) is 0 Å². The van der Waals surface area contributed by atoms with E-state index in [4.69, 9.17) is 0 Å². The Kier molecular flexibility index (Phi) is 4.72. The number of rotatable bonds is 2. The van der Waals surface area contributed by atoms with Gasteiger partial charge in [0.2, 0.25) is 0 Å². The molecule has 1 spiro atoms. The number of hydrogen-bond donors (Lipinski definition) is 1. The van der Waals surface area contributed by atoms with Gasteiger partial charge in [0.1, 0.15) is 0 Å². The van der Waals surface area contributed by atoms with E-state index in [1.54, 1.807) is 0 Å². The third-order valence-electron chi connectivity index (χ3n) is 5.69. The minimum atomic E-state index is 0.501. The third-order valence-corrected chi connectivity index (χ3v) is 6.41. The van der Waals surface area contributed by atoms with Gasteiger partial charge >= 0.3 is 0 Å². The molecule has 1 atom stereocenters. The first-order valence-electron chi connectivity index (χ1n) is 8.32. The second kappa shape index (κ2) is 6.39. The molecular weight excluding hydrogens is 324 g/mol. The molecule has 3 heteroatoms. The van der Waals surface area contributed by atoms with Crippen molar-refractivity contribution in [2.24, 2.45) is 5.41 Å². The third kappa shape index (κ3) is 3.06. The van der Waals surface area contributed by atoms with Gasteiger partial charge in [-0.2, -0.15) is 0 Å². The number of piperidine rings is 2. The lowest BCUT2D eigenvalue weighted by Crippen LogP contribution is -2.51. The molecule has 1 N–H and O–H groups in total. The van der Waals surface area contributed by atoms with Crippen LogP contribution in [-0.4, -0.2) is 37.1 Å². The Morgan fingerprint density at radius 3 is 2.57 bits per heavy atom.